The Kier molecular flexibility index (Phi) is 3.71. The van der Waals surface area contributed by atoms with Crippen LogP contribution in [0.5, 0.6) is 0 Å². The highest BCUT2D eigenvalue weighted by atomic mass is 35.5. The van der Waals surface area contributed by atoms with Crippen LogP contribution in [-0.4, -0.2) is 22.1 Å². The fraction of sp³-hybridized carbons (Fsp3) is 0.333. The summed E-state index contributed by atoms with van der Waals surface area (Å²) in [6.07, 6.45) is 1.63. The molecule has 1 rings (SSSR count). The van der Waals surface area contributed by atoms with Gasteiger partial charge in [0.2, 0.25) is 0 Å². The lowest BCUT2D eigenvalue weighted by atomic mass is 10.2. The van der Waals surface area contributed by atoms with Gasteiger partial charge in [0.15, 0.2) is 0 Å². The van der Waals surface area contributed by atoms with Crippen LogP contribution in [0.4, 0.5) is 5.82 Å². The standard InChI is InChI=1S/C9H11ClN2O2/c1-6(5-8(13)14)12-9-7(10)3-2-4-11-9/h2-4,6H,5H2,1H3,(H,11,12)(H,13,14). The smallest absolute Gasteiger partial charge is 0.305 e. The molecule has 0 aliphatic rings. The van der Waals surface area contributed by atoms with Crippen LogP contribution in [0, 0.1) is 0 Å². The summed E-state index contributed by atoms with van der Waals surface area (Å²) in [5.74, 6) is -0.333. The van der Waals surface area contributed by atoms with E-state index < -0.39 is 5.97 Å². The van der Waals surface area contributed by atoms with E-state index in [0.29, 0.717) is 10.8 Å². The summed E-state index contributed by atoms with van der Waals surface area (Å²) in [4.78, 5) is 14.4. The first-order valence-electron chi connectivity index (χ1n) is 4.18. The first-order valence-corrected chi connectivity index (χ1v) is 4.56. The van der Waals surface area contributed by atoms with E-state index in [0.717, 1.165) is 0 Å². The molecule has 5 heteroatoms. The second-order valence-electron chi connectivity index (χ2n) is 2.98. The second kappa shape index (κ2) is 4.81. The predicted molar refractivity (Wildman–Crippen MR) is 54.6 cm³/mol. The lowest BCUT2D eigenvalue weighted by Crippen LogP contribution is -2.20. The largest absolute Gasteiger partial charge is 0.481 e. The Morgan fingerprint density at radius 1 is 1.79 bits per heavy atom. The van der Waals surface area contributed by atoms with Gasteiger partial charge in [-0.1, -0.05) is 11.6 Å². The summed E-state index contributed by atoms with van der Waals surface area (Å²) in [6.45, 7) is 1.76. The predicted octanol–water partition coefficient (Wildman–Crippen LogP) is 2.01. The Morgan fingerprint density at radius 2 is 2.50 bits per heavy atom. The molecule has 0 aromatic carbocycles. The van der Waals surface area contributed by atoms with Gasteiger partial charge in [-0.05, 0) is 19.1 Å². The molecule has 0 fully saturated rings. The molecule has 0 saturated carbocycles. The zero-order valence-corrected chi connectivity index (χ0v) is 8.45. The third-order valence-electron chi connectivity index (χ3n) is 1.62. The Bertz CT molecular complexity index is 330. The van der Waals surface area contributed by atoms with Crippen LogP contribution in [-0.2, 0) is 4.79 Å². The minimum absolute atomic E-state index is 0.0346. The highest BCUT2D eigenvalue weighted by Gasteiger charge is 2.09. The van der Waals surface area contributed by atoms with Crippen molar-refractivity contribution in [1.82, 2.24) is 4.98 Å². The minimum Gasteiger partial charge on any atom is -0.481 e. The van der Waals surface area contributed by atoms with E-state index in [9.17, 15) is 4.79 Å². The number of rotatable bonds is 4. The van der Waals surface area contributed by atoms with Gasteiger partial charge < -0.3 is 10.4 Å². The maximum atomic E-state index is 10.4. The van der Waals surface area contributed by atoms with E-state index in [-0.39, 0.29) is 12.5 Å². The number of aromatic nitrogens is 1. The summed E-state index contributed by atoms with van der Waals surface area (Å²) < 4.78 is 0. The Labute approximate surface area is 86.9 Å². The number of anilines is 1. The van der Waals surface area contributed by atoms with Gasteiger partial charge >= 0.3 is 5.97 Å². The van der Waals surface area contributed by atoms with E-state index in [4.69, 9.17) is 16.7 Å². The molecular formula is C9H11ClN2O2. The molecule has 1 aromatic rings. The van der Waals surface area contributed by atoms with Gasteiger partial charge in [-0.2, -0.15) is 0 Å². The first-order chi connectivity index (χ1) is 6.59. The quantitative estimate of drug-likeness (QED) is 0.805. The van der Waals surface area contributed by atoms with Crippen molar-refractivity contribution in [1.29, 1.82) is 0 Å². The zero-order chi connectivity index (χ0) is 10.6. The van der Waals surface area contributed by atoms with Gasteiger partial charge in [0.1, 0.15) is 5.82 Å². The third kappa shape index (κ3) is 3.22. The summed E-state index contributed by atoms with van der Waals surface area (Å²) in [7, 11) is 0. The summed E-state index contributed by atoms with van der Waals surface area (Å²) in [6, 6.07) is 3.22. The molecule has 1 aromatic heterocycles. The van der Waals surface area contributed by atoms with Crippen LogP contribution >= 0.6 is 11.6 Å². The molecule has 2 N–H and O–H groups in total. The van der Waals surface area contributed by atoms with E-state index in [1.54, 1.807) is 25.3 Å². The summed E-state index contributed by atoms with van der Waals surface area (Å²) >= 11 is 5.83. The number of nitrogens with zero attached hydrogens (tertiary/aromatic N) is 1. The second-order valence-corrected chi connectivity index (χ2v) is 3.38. The fourth-order valence-corrected chi connectivity index (χ4v) is 1.21. The summed E-state index contributed by atoms with van der Waals surface area (Å²) in [5, 5.41) is 11.9. The number of carboxylic acid groups (broad SMARTS) is 1. The zero-order valence-electron chi connectivity index (χ0n) is 7.70. The Morgan fingerprint density at radius 3 is 3.07 bits per heavy atom. The van der Waals surface area contributed by atoms with E-state index in [2.05, 4.69) is 10.3 Å². The number of halogens is 1. The molecule has 0 aliphatic carbocycles. The molecule has 0 spiro atoms. The van der Waals surface area contributed by atoms with Gasteiger partial charge in [0.05, 0.1) is 11.4 Å². The molecule has 14 heavy (non-hydrogen) atoms. The first kappa shape index (κ1) is 10.8. The minimum atomic E-state index is -0.850. The van der Waals surface area contributed by atoms with Crippen molar-refractivity contribution >= 4 is 23.4 Å². The molecule has 1 atom stereocenters. The average molecular weight is 215 g/mol. The topological polar surface area (TPSA) is 62.2 Å². The molecule has 1 heterocycles. The number of pyridine rings is 1. The number of hydrogen-bond acceptors (Lipinski definition) is 3. The normalized spacial score (nSPS) is 12.1. The average Bonchev–Trinajstić information content (AvgIpc) is 2.07. The van der Waals surface area contributed by atoms with Crippen LogP contribution in [0.15, 0.2) is 18.3 Å². The van der Waals surface area contributed by atoms with Crippen LogP contribution in [0.3, 0.4) is 0 Å². The molecule has 0 amide bonds. The maximum absolute atomic E-state index is 10.4. The van der Waals surface area contributed by atoms with Crippen LogP contribution in [0.25, 0.3) is 0 Å². The van der Waals surface area contributed by atoms with Gasteiger partial charge in [-0.25, -0.2) is 4.98 Å². The molecule has 0 bridgehead atoms. The monoisotopic (exact) mass is 214 g/mol. The number of carboxylic acids is 1. The van der Waals surface area contributed by atoms with Gasteiger partial charge in [-0.3, -0.25) is 4.79 Å². The van der Waals surface area contributed by atoms with Gasteiger partial charge in [-0.15, -0.1) is 0 Å². The van der Waals surface area contributed by atoms with Crippen molar-refractivity contribution in [2.24, 2.45) is 0 Å². The number of nitrogens with one attached hydrogen (secondary N) is 1. The van der Waals surface area contributed by atoms with Gasteiger partial charge in [0, 0.05) is 12.2 Å². The van der Waals surface area contributed by atoms with Crippen LogP contribution < -0.4 is 5.32 Å². The van der Waals surface area contributed by atoms with E-state index in [1.165, 1.54) is 0 Å². The molecule has 0 saturated heterocycles. The van der Waals surface area contributed by atoms with Gasteiger partial charge in [0.25, 0.3) is 0 Å². The SMILES string of the molecule is CC(CC(=O)O)Nc1ncccc1Cl. The Balaban J connectivity index is 2.60. The van der Waals surface area contributed by atoms with Crippen molar-refractivity contribution in [3.8, 4) is 0 Å². The molecule has 4 nitrogen and oxygen atoms in total. The van der Waals surface area contributed by atoms with Crippen molar-refractivity contribution in [2.75, 3.05) is 5.32 Å². The highest BCUT2D eigenvalue weighted by molar-refractivity contribution is 6.32. The molecule has 1 unspecified atom stereocenters. The van der Waals surface area contributed by atoms with Crippen molar-refractivity contribution in [3.63, 3.8) is 0 Å². The number of hydrogen-bond donors (Lipinski definition) is 2. The fourth-order valence-electron chi connectivity index (χ4n) is 1.04. The lowest BCUT2D eigenvalue weighted by Gasteiger charge is -2.12. The maximum Gasteiger partial charge on any atom is 0.305 e. The van der Waals surface area contributed by atoms with Crippen molar-refractivity contribution in [3.05, 3.63) is 23.4 Å². The van der Waals surface area contributed by atoms with Crippen molar-refractivity contribution < 1.29 is 9.90 Å². The third-order valence-corrected chi connectivity index (χ3v) is 1.93. The van der Waals surface area contributed by atoms with Crippen molar-refractivity contribution in [2.45, 2.75) is 19.4 Å². The summed E-state index contributed by atoms with van der Waals surface area (Å²) in [5.41, 5.74) is 0. The number of carbonyl (C=O) groups is 1. The molecule has 76 valence electrons. The molecule has 0 aliphatic heterocycles. The highest BCUT2D eigenvalue weighted by Crippen LogP contribution is 2.18. The van der Waals surface area contributed by atoms with E-state index in [1.807, 2.05) is 0 Å². The van der Waals surface area contributed by atoms with Crippen LogP contribution in [0.1, 0.15) is 13.3 Å². The van der Waals surface area contributed by atoms with Crippen LogP contribution in [0.2, 0.25) is 5.02 Å². The lowest BCUT2D eigenvalue weighted by molar-refractivity contribution is -0.137. The Hall–Kier alpha value is -1.29. The molecular weight excluding hydrogens is 204 g/mol. The molecule has 0 radical (unpaired) electrons. The van der Waals surface area contributed by atoms with E-state index >= 15 is 0 Å². The number of aliphatic carboxylic acids is 1.